The maximum Gasteiger partial charge on any atom is 0.243 e. The second-order valence-electron chi connectivity index (χ2n) is 4.75. The minimum atomic E-state index is 0.0492. The van der Waals surface area contributed by atoms with Gasteiger partial charge in [-0.3, -0.25) is 4.79 Å². The third kappa shape index (κ3) is 2.93. The van der Waals surface area contributed by atoms with Crippen molar-refractivity contribution in [3.8, 4) is 0 Å². The highest BCUT2D eigenvalue weighted by atomic mass is 16.2. The van der Waals surface area contributed by atoms with Crippen LogP contribution in [0.15, 0.2) is 23.3 Å². The maximum atomic E-state index is 11.4. The molecule has 1 fully saturated rings. The van der Waals surface area contributed by atoms with Crippen LogP contribution in [-0.2, 0) is 4.79 Å². The smallest absolute Gasteiger partial charge is 0.243 e. The molecule has 0 atom stereocenters. The molecule has 0 aromatic heterocycles. The first-order valence-electron chi connectivity index (χ1n) is 5.99. The number of aryl methyl sites for hydroxylation is 2. The molecule has 3 nitrogen and oxygen atoms in total. The highest BCUT2D eigenvalue weighted by Gasteiger charge is 2.29. The quantitative estimate of drug-likeness (QED) is 0.629. The van der Waals surface area contributed by atoms with E-state index in [9.17, 15) is 4.79 Å². The summed E-state index contributed by atoms with van der Waals surface area (Å²) in [5.74, 6) is 0.250. The van der Waals surface area contributed by atoms with E-state index < -0.39 is 0 Å². The Morgan fingerprint density at radius 3 is 2.59 bits per heavy atom. The molecule has 0 heterocycles. The third-order valence-corrected chi connectivity index (χ3v) is 3.21. The molecule has 1 N–H and O–H groups in total. The summed E-state index contributed by atoms with van der Waals surface area (Å²) < 4.78 is 0. The van der Waals surface area contributed by atoms with Crippen molar-refractivity contribution in [3.63, 3.8) is 0 Å². The Morgan fingerprint density at radius 1 is 1.29 bits per heavy atom. The zero-order valence-electron chi connectivity index (χ0n) is 10.6. The normalized spacial score (nSPS) is 15.8. The van der Waals surface area contributed by atoms with Gasteiger partial charge >= 0.3 is 0 Å². The lowest BCUT2D eigenvalue weighted by Crippen LogP contribution is -2.20. The minimum Gasteiger partial charge on any atom is -0.273 e. The zero-order valence-corrected chi connectivity index (χ0v) is 10.6. The number of hydrazone groups is 1. The summed E-state index contributed by atoms with van der Waals surface area (Å²) in [7, 11) is 0. The predicted molar refractivity (Wildman–Crippen MR) is 69.0 cm³/mol. The fraction of sp³-hybridized carbons (Fsp3) is 0.429. The largest absolute Gasteiger partial charge is 0.273 e. The van der Waals surface area contributed by atoms with E-state index in [4.69, 9.17) is 0 Å². The first-order valence-corrected chi connectivity index (χ1v) is 5.99. The first-order chi connectivity index (χ1) is 8.08. The number of rotatable bonds is 3. The number of hydrogen-bond acceptors (Lipinski definition) is 2. The van der Waals surface area contributed by atoms with Gasteiger partial charge in [-0.25, -0.2) is 5.43 Å². The Kier molecular flexibility index (Phi) is 3.27. The first kappa shape index (κ1) is 11.8. The van der Waals surface area contributed by atoms with Crippen molar-refractivity contribution in [2.75, 3.05) is 0 Å². The molecule has 0 unspecified atom stereocenters. The van der Waals surface area contributed by atoms with Crippen LogP contribution in [0, 0.1) is 19.8 Å². The standard InChI is InChI=1S/C14H18N2O/c1-9-4-5-13(8-10(9)2)11(3)15-16-14(17)12-6-7-12/h4-5,8,12H,6-7H2,1-3H3,(H,16,17)/b15-11+. The molecular weight excluding hydrogens is 212 g/mol. The van der Waals surface area contributed by atoms with Crippen molar-refractivity contribution in [3.05, 3.63) is 34.9 Å². The Labute approximate surface area is 102 Å². The van der Waals surface area contributed by atoms with Gasteiger partial charge in [0.1, 0.15) is 0 Å². The molecule has 0 aliphatic heterocycles. The molecule has 90 valence electrons. The SMILES string of the molecule is C/C(=N\NC(=O)C1CC1)c1ccc(C)c(C)c1. The Balaban J connectivity index is 2.06. The molecule has 1 aromatic carbocycles. The monoisotopic (exact) mass is 230 g/mol. The maximum absolute atomic E-state index is 11.4. The molecule has 0 saturated heterocycles. The summed E-state index contributed by atoms with van der Waals surface area (Å²) in [6.07, 6.45) is 2.01. The van der Waals surface area contributed by atoms with Crippen LogP contribution < -0.4 is 5.43 Å². The molecule has 1 aromatic rings. The number of carbonyl (C=O) groups excluding carboxylic acids is 1. The Morgan fingerprint density at radius 2 is 2.00 bits per heavy atom. The highest BCUT2D eigenvalue weighted by molar-refractivity contribution is 5.99. The minimum absolute atomic E-state index is 0.0492. The number of amides is 1. The second-order valence-corrected chi connectivity index (χ2v) is 4.75. The molecular formula is C14H18N2O. The van der Waals surface area contributed by atoms with E-state index in [1.165, 1.54) is 11.1 Å². The van der Waals surface area contributed by atoms with Crippen molar-refractivity contribution < 1.29 is 4.79 Å². The molecule has 0 radical (unpaired) electrons. The van der Waals surface area contributed by atoms with Gasteiger partial charge in [0.2, 0.25) is 5.91 Å². The fourth-order valence-corrected chi connectivity index (χ4v) is 1.61. The molecule has 2 rings (SSSR count). The van der Waals surface area contributed by atoms with E-state index in [-0.39, 0.29) is 11.8 Å². The van der Waals surface area contributed by atoms with Gasteiger partial charge < -0.3 is 0 Å². The third-order valence-electron chi connectivity index (χ3n) is 3.21. The topological polar surface area (TPSA) is 41.5 Å². The summed E-state index contributed by atoms with van der Waals surface area (Å²) in [6.45, 7) is 6.08. The average Bonchev–Trinajstić information content (AvgIpc) is 3.13. The van der Waals surface area contributed by atoms with E-state index in [0.717, 1.165) is 24.1 Å². The van der Waals surface area contributed by atoms with Crippen molar-refractivity contribution >= 4 is 11.6 Å². The summed E-state index contributed by atoms with van der Waals surface area (Å²) in [6, 6.07) is 6.20. The van der Waals surface area contributed by atoms with Crippen LogP contribution >= 0.6 is 0 Å². The molecule has 17 heavy (non-hydrogen) atoms. The van der Waals surface area contributed by atoms with Crippen LogP contribution in [0.2, 0.25) is 0 Å². The molecule has 0 bridgehead atoms. The number of carbonyl (C=O) groups is 1. The molecule has 1 saturated carbocycles. The molecule has 1 amide bonds. The highest BCUT2D eigenvalue weighted by Crippen LogP contribution is 2.28. The van der Waals surface area contributed by atoms with Crippen LogP contribution in [0.4, 0.5) is 0 Å². The lowest BCUT2D eigenvalue weighted by molar-refractivity contribution is -0.122. The Hall–Kier alpha value is -1.64. The number of nitrogens with zero attached hydrogens (tertiary/aromatic N) is 1. The summed E-state index contributed by atoms with van der Waals surface area (Å²) >= 11 is 0. The Bertz CT molecular complexity index is 473. The molecule has 1 aliphatic carbocycles. The van der Waals surface area contributed by atoms with E-state index in [1.807, 2.05) is 13.0 Å². The van der Waals surface area contributed by atoms with E-state index in [0.29, 0.717) is 0 Å². The van der Waals surface area contributed by atoms with Crippen LogP contribution in [0.5, 0.6) is 0 Å². The van der Waals surface area contributed by atoms with Gasteiger partial charge in [0.15, 0.2) is 0 Å². The lowest BCUT2D eigenvalue weighted by Gasteiger charge is -2.05. The second kappa shape index (κ2) is 4.70. The molecule has 0 spiro atoms. The van der Waals surface area contributed by atoms with Crippen molar-refractivity contribution in [2.45, 2.75) is 33.6 Å². The van der Waals surface area contributed by atoms with Crippen LogP contribution in [0.25, 0.3) is 0 Å². The number of benzene rings is 1. The average molecular weight is 230 g/mol. The van der Waals surface area contributed by atoms with Crippen LogP contribution in [-0.4, -0.2) is 11.6 Å². The number of nitrogens with one attached hydrogen (secondary N) is 1. The van der Waals surface area contributed by atoms with Gasteiger partial charge in [-0.1, -0.05) is 12.1 Å². The summed E-state index contributed by atoms with van der Waals surface area (Å²) in [5, 5.41) is 4.14. The number of hydrogen-bond donors (Lipinski definition) is 1. The van der Waals surface area contributed by atoms with Crippen LogP contribution in [0.1, 0.15) is 36.5 Å². The lowest BCUT2D eigenvalue weighted by atomic mass is 10.0. The van der Waals surface area contributed by atoms with E-state index in [2.05, 4.69) is 36.5 Å². The van der Waals surface area contributed by atoms with Gasteiger partial charge in [0.25, 0.3) is 0 Å². The van der Waals surface area contributed by atoms with Crippen molar-refractivity contribution in [1.82, 2.24) is 5.43 Å². The van der Waals surface area contributed by atoms with Crippen molar-refractivity contribution in [1.29, 1.82) is 0 Å². The van der Waals surface area contributed by atoms with Gasteiger partial charge in [0, 0.05) is 5.92 Å². The van der Waals surface area contributed by atoms with Gasteiger partial charge in [0.05, 0.1) is 5.71 Å². The molecule has 1 aliphatic rings. The summed E-state index contributed by atoms with van der Waals surface area (Å²) in [5.41, 5.74) is 7.04. The van der Waals surface area contributed by atoms with E-state index in [1.54, 1.807) is 0 Å². The molecule has 3 heteroatoms. The zero-order chi connectivity index (χ0) is 12.4. The van der Waals surface area contributed by atoms with E-state index >= 15 is 0 Å². The van der Waals surface area contributed by atoms with Crippen LogP contribution in [0.3, 0.4) is 0 Å². The van der Waals surface area contributed by atoms with Gasteiger partial charge in [-0.15, -0.1) is 0 Å². The van der Waals surface area contributed by atoms with Crippen molar-refractivity contribution in [2.24, 2.45) is 11.0 Å². The van der Waals surface area contributed by atoms with Gasteiger partial charge in [-0.05, 0) is 56.4 Å². The fourth-order valence-electron chi connectivity index (χ4n) is 1.61. The van der Waals surface area contributed by atoms with Gasteiger partial charge in [-0.2, -0.15) is 5.10 Å². The summed E-state index contributed by atoms with van der Waals surface area (Å²) in [4.78, 5) is 11.4. The predicted octanol–water partition coefficient (Wildman–Crippen LogP) is 2.55.